The molecule has 0 fully saturated rings. The molecular weight excluding hydrogens is 349 g/mol. The number of nitrogens with two attached hydrogens (primary N) is 1. The number of nitrogens with zero attached hydrogens (tertiary/aromatic N) is 1. The van der Waals surface area contributed by atoms with E-state index in [1.165, 1.54) is 14.2 Å². The molecule has 5 nitrogen and oxygen atoms in total. The minimum Gasteiger partial charge on any atom is -0.495 e. The molecule has 0 aliphatic rings. The highest BCUT2D eigenvalue weighted by Gasteiger charge is 2.20. The van der Waals surface area contributed by atoms with Gasteiger partial charge < -0.3 is 20.6 Å². The molecule has 0 radical (unpaired) electrons. The Morgan fingerprint density at radius 1 is 1.08 bits per heavy atom. The molecule has 1 heterocycles. The summed E-state index contributed by atoms with van der Waals surface area (Å²) in [5, 5.41) is 8.29. The number of nitrogens with one attached hydrogen (secondary N) is 1. The summed E-state index contributed by atoms with van der Waals surface area (Å²) < 4.78 is 10.5. The van der Waals surface area contributed by atoms with E-state index in [4.69, 9.17) is 43.8 Å². The molecule has 1 aromatic heterocycles. The molecule has 1 aromatic carbocycles. The molecule has 0 spiro atoms. The predicted octanol–water partition coefficient (Wildman–Crippen LogP) is 5.07. The first-order valence-corrected chi connectivity index (χ1v) is 8.08. The largest absolute Gasteiger partial charge is 0.495 e. The van der Waals surface area contributed by atoms with Crippen molar-refractivity contribution in [2.24, 2.45) is 0 Å². The van der Waals surface area contributed by atoms with Gasteiger partial charge >= 0.3 is 0 Å². The van der Waals surface area contributed by atoms with Crippen LogP contribution >= 0.6 is 23.2 Å². The first-order chi connectivity index (χ1) is 11.4. The number of hydrogen-bond donors (Lipinski definition) is 2. The van der Waals surface area contributed by atoms with E-state index in [9.17, 15) is 0 Å². The summed E-state index contributed by atoms with van der Waals surface area (Å²) in [6.07, 6.45) is 0. The zero-order valence-electron chi connectivity index (χ0n) is 14.3. The van der Waals surface area contributed by atoms with Gasteiger partial charge in [-0.3, -0.25) is 0 Å². The van der Waals surface area contributed by atoms with Crippen LogP contribution in [0.25, 0.3) is 11.3 Å². The lowest BCUT2D eigenvalue weighted by Gasteiger charge is -2.15. The van der Waals surface area contributed by atoms with Crippen LogP contribution in [0.4, 0.5) is 5.82 Å². The number of ether oxygens (including phenoxy) is 2. The van der Waals surface area contributed by atoms with Gasteiger partial charge in [0.2, 0.25) is 0 Å². The average Bonchev–Trinajstić information content (AvgIpc) is 2.57. The number of nitrogen functional groups attached to an aromatic ring is 1. The van der Waals surface area contributed by atoms with Gasteiger partial charge in [0.05, 0.1) is 30.0 Å². The third-order valence-electron chi connectivity index (χ3n) is 3.16. The van der Waals surface area contributed by atoms with Crippen molar-refractivity contribution in [3.8, 4) is 22.8 Å². The van der Waals surface area contributed by atoms with Gasteiger partial charge in [0, 0.05) is 22.9 Å². The third-order valence-corrected chi connectivity index (χ3v) is 3.91. The summed E-state index contributed by atoms with van der Waals surface area (Å²) in [6.45, 7) is 5.64. The van der Waals surface area contributed by atoms with Crippen LogP contribution in [0.15, 0.2) is 18.2 Å². The van der Waals surface area contributed by atoms with Gasteiger partial charge in [0.15, 0.2) is 0 Å². The summed E-state index contributed by atoms with van der Waals surface area (Å²) in [4.78, 5) is 4.29. The van der Waals surface area contributed by atoms with Gasteiger partial charge in [-0.1, -0.05) is 37.0 Å². The number of benzene rings is 1. The lowest BCUT2D eigenvalue weighted by atomic mass is 10.1. The Kier molecular flexibility index (Phi) is 7.32. The Morgan fingerprint density at radius 3 is 1.96 bits per heavy atom. The van der Waals surface area contributed by atoms with Crippen molar-refractivity contribution in [1.29, 1.82) is 5.41 Å². The minimum atomic E-state index is 0.235. The molecule has 0 unspecified atom stereocenters. The van der Waals surface area contributed by atoms with E-state index < -0.39 is 0 Å². The van der Waals surface area contributed by atoms with Gasteiger partial charge in [-0.05, 0) is 19.1 Å². The molecule has 0 amide bonds. The van der Waals surface area contributed by atoms with Crippen molar-refractivity contribution in [3.05, 3.63) is 33.8 Å². The highest BCUT2D eigenvalue weighted by atomic mass is 35.5. The molecule has 0 bridgehead atoms. The summed E-state index contributed by atoms with van der Waals surface area (Å²) in [6, 6.07) is 5.02. The average molecular weight is 370 g/mol. The van der Waals surface area contributed by atoms with Crippen LogP contribution in [-0.4, -0.2) is 24.9 Å². The fourth-order valence-electron chi connectivity index (χ4n) is 2.04. The predicted molar refractivity (Wildman–Crippen MR) is 101 cm³/mol. The molecule has 24 heavy (non-hydrogen) atoms. The number of pyridine rings is 1. The minimum absolute atomic E-state index is 0.235. The molecule has 3 N–H and O–H groups in total. The molecule has 0 saturated carbocycles. The van der Waals surface area contributed by atoms with Crippen LogP contribution in [0.5, 0.6) is 11.5 Å². The number of hydrogen-bond acceptors (Lipinski definition) is 5. The third kappa shape index (κ3) is 3.91. The van der Waals surface area contributed by atoms with E-state index in [0.717, 1.165) is 0 Å². The van der Waals surface area contributed by atoms with Gasteiger partial charge in [-0.15, -0.1) is 0 Å². The van der Waals surface area contributed by atoms with Crippen LogP contribution in [0, 0.1) is 5.41 Å². The standard InChI is InChI=1S/C15H15Cl2N3O2.C2H6/c1-7(18)8-4-5-9(20-15(8)19)12-13(16)10(21-2)6-11(22-3)14(12)17;1-2/h4-6,18H,1-3H3,(H2,19,20);1-2H3. The molecule has 0 aliphatic carbocycles. The van der Waals surface area contributed by atoms with Crippen molar-refractivity contribution >= 4 is 34.7 Å². The number of rotatable bonds is 4. The molecule has 0 saturated heterocycles. The Labute approximate surface area is 152 Å². The van der Waals surface area contributed by atoms with Crippen LogP contribution in [-0.2, 0) is 0 Å². The lowest BCUT2D eigenvalue weighted by Crippen LogP contribution is -2.03. The van der Waals surface area contributed by atoms with Gasteiger partial charge in [-0.25, -0.2) is 4.98 Å². The van der Waals surface area contributed by atoms with Gasteiger partial charge in [0.1, 0.15) is 17.3 Å². The summed E-state index contributed by atoms with van der Waals surface area (Å²) in [7, 11) is 3.00. The number of anilines is 1. The fourth-order valence-corrected chi connectivity index (χ4v) is 2.74. The normalized spacial score (nSPS) is 9.79. The Hall–Kier alpha value is -1.98. The smallest absolute Gasteiger partial charge is 0.141 e. The molecule has 0 atom stereocenters. The number of halogens is 2. The topological polar surface area (TPSA) is 81.2 Å². The van der Waals surface area contributed by atoms with E-state index in [-0.39, 0.29) is 5.82 Å². The van der Waals surface area contributed by atoms with Crippen molar-refractivity contribution in [2.45, 2.75) is 20.8 Å². The fraction of sp³-hybridized carbons (Fsp3) is 0.294. The van der Waals surface area contributed by atoms with Crippen molar-refractivity contribution in [3.63, 3.8) is 0 Å². The second-order valence-electron chi connectivity index (χ2n) is 4.54. The van der Waals surface area contributed by atoms with Crippen LogP contribution in [0.3, 0.4) is 0 Å². The molecule has 2 rings (SSSR count). The summed E-state index contributed by atoms with van der Waals surface area (Å²) in [5.41, 5.74) is 7.75. The quantitative estimate of drug-likeness (QED) is 0.737. The van der Waals surface area contributed by atoms with E-state index in [1.54, 1.807) is 25.1 Å². The summed E-state index contributed by atoms with van der Waals surface area (Å²) >= 11 is 12.7. The van der Waals surface area contributed by atoms with Gasteiger partial charge in [-0.2, -0.15) is 0 Å². The summed E-state index contributed by atoms with van der Waals surface area (Å²) in [5.74, 6) is 1.08. The molecule has 130 valence electrons. The molecule has 0 aliphatic heterocycles. The zero-order valence-corrected chi connectivity index (χ0v) is 15.8. The Balaban J connectivity index is 0.00000139. The monoisotopic (exact) mass is 369 g/mol. The maximum Gasteiger partial charge on any atom is 0.141 e. The van der Waals surface area contributed by atoms with Crippen LogP contribution < -0.4 is 15.2 Å². The SMILES string of the molecule is CC.COc1cc(OC)c(Cl)c(-c2ccc(C(C)=N)c(N)n2)c1Cl. The second kappa shape index (κ2) is 8.76. The molecular formula is C17H21Cl2N3O2. The van der Waals surface area contributed by atoms with Crippen molar-refractivity contribution < 1.29 is 9.47 Å². The Morgan fingerprint density at radius 2 is 1.58 bits per heavy atom. The van der Waals surface area contributed by atoms with Crippen LogP contribution in [0.2, 0.25) is 10.0 Å². The highest BCUT2D eigenvalue weighted by Crippen LogP contribution is 2.45. The van der Waals surface area contributed by atoms with E-state index in [2.05, 4.69) is 4.98 Å². The second-order valence-corrected chi connectivity index (χ2v) is 5.29. The van der Waals surface area contributed by atoms with E-state index in [1.807, 2.05) is 13.8 Å². The number of aromatic nitrogens is 1. The highest BCUT2D eigenvalue weighted by molar-refractivity contribution is 6.41. The lowest BCUT2D eigenvalue weighted by molar-refractivity contribution is 0.395. The van der Waals surface area contributed by atoms with Crippen molar-refractivity contribution in [2.75, 3.05) is 20.0 Å². The zero-order chi connectivity index (χ0) is 18.4. The van der Waals surface area contributed by atoms with Crippen molar-refractivity contribution in [1.82, 2.24) is 4.98 Å². The van der Waals surface area contributed by atoms with E-state index in [0.29, 0.717) is 44.1 Å². The maximum atomic E-state index is 7.65. The number of methoxy groups -OCH3 is 2. The first kappa shape index (κ1) is 20.1. The Bertz CT molecular complexity index is 721. The molecule has 7 heteroatoms. The van der Waals surface area contributed by atoms with Crippen LogP contribution in [0.1, 0.15) is 26.3 Å². The maximum absolute atomic E-state index is 7.65. The van der Waals surface area contributed by atoms with Gasteiger partial charge in [0.25, 0.3) is 0 Å². The van der Waals surface area contributed by atoms with E-state index >= 15 is 0 Å². The molecule has 2 aromatic rings. The first-order valence-electron chi connectivity index (χ1n) is 7.33.